The first-order valence-corrected chi connectivity index (χ1v) is 9.32. The zero-order valence-electron chi connectivity index (χ0n) is 12.8. The summed E-state index contributed by atoms with van der Waals surface area (Å²) in [5, 5.41) is 5.15. The number of thiophene rings is 1. The smallest absolute Gasteiger partial charge is 0.259 e. The molecule has 4 rings (SSSR count). The van der Waals surface area contributed by atoms with Gasteiger partial charge in [0.15, 0.2) is 4.67 Å². The predicted octanol–water partition coefficient (Wildman–Crippen LogP) is 4.92. The highest BCUT2D eigenvalue weighted by molar-refractivity contribution is 9.10. The maximum Gasteiger partial charge on any atom is 0.259 e. The van der Waals surface area contributed by atoms with Crippen LogP contribution in [0.5, 0.6) is 0 Å². The van der Waals surface area contributed by atoms with Crippen LogP contribution in [0.4, 0.5) is 11.4 Å². The zero-order valence-corrected chi connectivity index (χ0v) is 15.2. The number of nitrogens with one attached hydrogen (secondary N) is 1. The lowest BCUT2D eigenvalue weighted by Gasteiger charge is -2.30. The number of halogens is 1. The molecule has 0 bridgehead atoms. The molecule has 1 aliphatic rings. The number of furan rings is 1. The molecular weight excluding hydrogens is 388 g/mol. The van der Waals surface area contributed by atoms with Crippen LogP contribution in [0.3, 0.4) is 0 Å². The lowest BCUT2D eigenvalue weighted by molar-refractivity contribution is 0.102. The van der Waals surface area contributed by atoms with Crippen LogP contribution >= 0.6 is 27.3 Å². The summed E-state index contributed by atoms with van der Waals surface area (Å²) < 4.78 is 5.69. The number of hydrogen-bond acceptors (Lipinski definition) is 4. The number of carbonyl (C=O) groups excluding carboxylic acids is 1. The molecule has 0 atom stereocenters. The van der Waals surface area contributed by atoms with Crippen LogP contribution in [0.2, 0.25) is 0 Å². The number of para-hydroxylation sites is 2. The van der Waals surface area contributed by atoms with Gasteiger partial charge in [-0.15, -0.1) is 11.3 Å². The molecule has 3 aromatic rings. The maximum absolute atomic E-state index is 12.4. The average Bonchev–Trinajstić information content (AvgIpc) is 3.23. The lowest BCUT2D eigenvalue weighted by atomic mass is 10.1. The topological polar surface area (TPSA) is 45.5 Å². The molecule has 0 aliphatic carbocycles. The van der Waals surface area contributed by atoms with Gasteiger partial charge in [0.2, 0.25) is 0 Å². The normalized spacial score (nSPS) is 13.6. The molecule has 0 spiro atoms. The van der Waals surface area contributed by atoms with Gasteiger partial charge in [-0.25, -0.2) is 0 Å². The minimum Gasteiger partial charge on any atom is -0.457 e. The second kappa shape index (κ2) is 6.45. The SMILES string of the molecule is O=C(Nc1ccccc1N1CCc2sccc2C1)c1coc(Br)c1. The Kier molecular flexibility index (Phi) is 4.16. The fourth-order valence-corrected chi connectivity index (χ4v) is 4.16. The Hall–Kier alpha value is -2.05. The minimum absolute atomic E-state index is 0.176. The number of benzene rings is 1. The summed E-state index contributed by atoms with van der Waals surface area (Å²) in [4.78, 5) is 16.2. The number of anilines is 2. The van der Waals surface area contributed by atoms with E-state index in [-0.39, 0.29) is 5.91 Å². The summed E-state index contributed by atoms with van der Waals surface area (Å²) >= 11 is 5.05. The van der Waals surface area contributed by atoms with Gasteiger partial charge in [-0.1, -0.05) is 12.1 Å². The third-order valence-electron chi connectivity index (χ3n) is 4.13. The third kappa shape index (κ3) is 2.99. The van der Waals surface area contributed by atoms with E-state index in [0.717, 1.165) is 30.9 Å². The molecule has 0 fully saturated rings. The van der Waals surface area contributed by atoms with Crippen molar-refractivity contribution in [3.8, 4) is 0 Å². The third-order valence-corrected chi connectivity index (χ3v) is 5.57. The van der Waals surface area contributed by atoms with Crippen LogP contribution in [-0.4, -0.2) is 12.5 Å². The Morgan fingerprint density at radius 3 is 3.00 bits per heavy atom. The predicted molar refractivity (Wildman–Crippen MR) is 99.9 cm³/mol. The number of carbonyl (C=O) groups is 1. The first-order valence-electron chi connectivity index (χ1n) is 7.65. The van der Waals surface area contributed by atoms with Gasteiger partial charge < -0.3 is 14.6 Å². The molecule has 0 saturated carbocycles. The van der Waals surface area contributed by atoms with E-state index in [1.807, 2.05) is 29.5 Å². The monoisotopic (exact) mass is 402 g/mol. The largest absolute Gasteiger partial charge is 0.457 e. The summed E-state index contributed by atoms with van der Waals surface area (Å²) in [7, 11) is 0. The van der Waals surface area contributed by atoms with Crippen molar-refractivity contribution in [3.63, 3.8) is 0 Å². The number of amides is 1. The number of fused-ring (bicyclic) bond motifs is 1. The van der Waals surface area contributed by atoms with Gasteiger partial charge in [0, 0.05) is 24.0 Å². The summed E-state index contributed by atoms with van der Waals surface area (Å²) in [5.74, 6) is -0.176. The number of rotatable bonds is 3. The van der Waals surface area contributed by atoms with Crippen LogP contribution in [0.1, 0.15) is 20.8 Å². The Morgan fingerprint density at radius 2 is 2.17 bits per heavy atom. The standard InChI is InChI=1S/C18H15BrN2O2S/c19-17-9-13(11-23-17)18(22)20-14-3-1-2-4-15(14)21-7-5-16-12(10-21)6-8-24-16/h1-4,6,8-9,11H,5,7,10H2,(H,20,22). The van der Waals surface area contributed by atoms with Crippen LogP contribution in [0.15, 0.2) is 57.1 Å². The molecule has 0 unspecified atom stereocenters. The van der Waals surface area contributed by atoms with E-state index in [1.165, 1.54) is 16.7 Å². The van der Waals surface area contributed by atoms with Crippen molar-refractivity contribution in [1.29, 1.82) is 0 Å². The van der Waals surface area contributed by atoms with Gasteiger partial charge in [0.05, 0.1) is 16.9 Å². The summed E-state index contributed by atoms with van der Waals surface area (Å²) in [6.07, 6.45) is 2.49. The van der Waals surface area contributed by atoms with E-state index in [9.17, 15) is 4.79 Å². The molecule has 1 aromatic carbocycles. The highest BCUT2D eigenvalue weighted by Crippen LogP contribution is 2.32. The summed E-state index contributed by atoms with van der Waals surface area (Å²) in [6.45, 7) is 1.83. The van der Waals surface area contributed by atoms with Crippen LogP contribution < -0.4 is 10.2 Å². The van der Waals surface area contributed by atoms with Crippen molar-refractivity contribution in [2.75, 3.05) is 16.8 Å². The highest BCUT2D eigenvalue weighted by atomic mass is 79.9. The van der Waals surface area contributed by atoms with E-state index < -0.39 is 0 Å². The molecule has 0 saturated heterocycles. The van der Waals surface area contributed by atoms with E-state index in [2.05, 4.69) is 43.7 Å². The van der Waals surface area contributed by atoms with Gasteiger partial charge in [-0.3, -0.25) is 4.79 Å². The van der Waals surface area contributed by atoms with Crippen molar-refractivity contribution in [2.24, 2.45) is 0 Å². The molecular formula is C18H15BrN2O2S. The molecule has 1 N–H and O–H groups in total. The molecule has 2 aromatic heterocycles. The molecule has 1 aliphatic heterocycles. The van der Waals surface area contributed by atoms with E-state index >= 15 is 0 Å². The Balaban J connectivity index is 1.58. The van der Waals surface area contributed by atoms with Crippen molar-refractivity contribution in [3.05, 3.63) is 68.7 Å². The Morgan fingerprint density at radius 1 is 1.29 bits per heavy atom. The van der Waals surface area contributed by atoms with Crippen molar-refractivity contribution < 1.29 is 9.21 Å². The van der Waals surface area contributed by atoms with E-state index in [0.29, 0.717) is 10.2 Å². The fourth-order valence-electron chi connectivity index (χ4n) is 2.93. The van der Waals surface area contributed by atoms with Crippen LogP contribution in [0.25, 0.3) is 0 Å². The second-order valence-corrected chi connectivity index (χ2v) is 7.43. The first-order chi connectivity index (χ1) is 11.7. The summed E-state index contributed by atoms with van der Waals surface area (Å²) in [6, 6.07) is 11.8. The molecule has 1 amide bonds. The van der Waals surface area contributed by atoms with Gasteiger partial charge in [-0.05, 0) is 51.5 Å². The average molecular weight is 403 g/mol. The van der Waals surface area contributed by atoms with Crippen LogP contribution in [0, 0.1) is 0 Å². The molecule has 6 heteroatoms. The number of hydrogen-bond donors (Lipinski definition) is 1. The lowest BCUT2D eigenvalue weighted by Crippen LogP contribution is -2.30. The van der Waals surface area contributed by atoms with Gasteiger partial charge in [0.1, 0.15) is 6.26 Å². The molecule has 122 valence electrons. The fraction of sp³-hybridized carbons (Fsp3) is 0.167. The van der Waals surface area contributed by atoms with Gasteiger partial charge in [0.25, 0.3) is 5.91 Å². The number of nitrogens with zero attached hydrogens (tertiary/aromatic N) is 1. The first kappa shape index (κ1) is 15.5. The molecule has 3 heterocycles. The minimum atomic E-state index is -0.176. The molecule has 0 radical (unpaired) electrons. The Labute approximate surface area is 152 Å². The molecule has 4 nitrogen and oxygen atoms in total. The molecule has 24 heavy (non-hydrogen) atoms. The zero-order chi connectivity index (χ0) is 16.5. The van der Waals surface area contributed by atoms with Crippen LogP contribution in [-0.2, 0) is 13.0 Å². The van der Waals surface area contributed by atoms with E-state index in [1.54, 1.807) is 6.07 Å². The van der Waals surface area contributed by atoms with Crippen molar-refractivity contribution >= 4 is 44.5 Å². The van der Waals surface area contributed by atoms with Crippen molar-refractivity contribution in [2.45, 2.75) is 13.0 Å². The van der Waals surface area contributed by atoms with Gasteiger partial charge in [-0.2, -0.15) is 0 Å². The summed E-state index contributed by atoms with van der Waals surface area (Å²) in [5.41, 5.74) is 3.74. The highest BCUT2D eigenvalue weighted by Gasteiger charge is 2.20. The maximum atomic E-state index is 12.4. The second-order valence-electron chi connectivity index (χ2n) is 5.65. The van der Waals surface area contributed by atoms with Gasteiger partial charge >= 0.3 is 0 Å². The van der Waals surface area contributed by atoms with E-state index in [4.69, 9.17) is 4.42 Å². The quantitative estimate of drug-likeness (QED) is 0.676. The Bertz CT molecular complexity index is 887. The van der Waals surface area contributed by atoms with Crippen molar-refractivity contribution in [1.82, 2.24) is 0 Å².